The molecule has 1 N–H and O–H groups in total. The Morgan fingerprint density at radius 3 is 2.75 bits per heavy atom. The number of ether oxygens (including phenoxy) is 1. The number of hydrogen-bond donors (Lipinski definition) is 1. The maximum Gasteiger partial charge on any atom is 0.140 e. The normalized spacial score (nSPS) is 10.5. The number of halogens is 2. The Morgan fingerprint density at radius 2 is 2.12 bits per heavy atom. The summed E-state index contributed by atoms with van der Waals surface area (Å²) < 4.78 is 6.67. The molecule has 0 saturated carbocycles. The highest BCUT2D eigenvalue weighted by molar-refractivity contribution is 9.10. The number of benzene rings is 1. The molecule has 1 rings (SSSR count). The van der Waals surface area contributed by atoms with Crippen LogP contribution in [0.1, 0.15) is 18.4 Å². The van der Waals surface area contributed by atoms with Crippen molar-refractivity contribution in [3.8, 4) is 5.75 Å². The minimum Gasteiger partial charge on any atom is -0.492 e. The molecule has 0 radical (unpaired) electrons. The molecule has 0 aliphatic rings. The highest BCUT2D eigenvalue weighted by atomic mass is 79.9. The molecule has 90 valence electrons. The summed E-state index contributed by atoms with van der Waals surface area (Å²) in [6.45, 7) is 3.74. The lowest BCUT2D eigenvalue weighted by Gasteiger charge is -2.11. The molecule has 0 unspecified atom stereocenters. The lowest BCUT2D eigenvalue weighted by Crippen LogP contribution is -2.09. The molecule has 0 aromatic heterocycles. The van der Waals surface area contributed by atoms with Crippen molar-refractivity contribution in [3.05, 3.63) is 27.2 Å². The first-order chi connectivity index (χ1) is 7.65. The van der Waals surface area contributed by atoms with Gasteiger partial charge in [0.1, 0.15) is 5.75 Å². The van der Waals surface area contributed by atoms with E-state index in [9.17, 15) is 0 Å². The Labute approximate surface area is 110 Å². The van der Waals surface area contributed by atoms with Gasteiger partial charge in [0.25, 0.3) is 0 Å². The van der Waals surface area contributed by atoms with Crippen LogP contribution in [0, 0.1) is 6.92 Å². The monoisotopic (exact) mass is 305 g/mol. The Hall–Kier alpha value is -0.250. The predicted octanol–water partition coefficient (Wildman–Crippen LogP) is 3.79. The summed E-state index contributed by atoms with van der Waals surface area (Å²) in [5.74, 6) is 0.800. The molecule has 0 heterocycles. The average molecular weight is 307 g/mol. The first kappa shape index (κ1) is 13.8. The number of nitrogens with one attached hydrogen (secondary N) is 1. The van der Waals surface area contributed by atoms with E-state index in [0.29, 0.717) is 11.6 Å². The number of rotatable bonds is 6. The summed E-state index contributed by atoms with van der Waals surface area (Å²) in [4.78, 5) is 0. The van der Waals surface area contributed by atoms with Gasteiger partial charge < -0.3 is 10.1 Å². The molecule has 0 atom stereocenters. The minimum atomic E-state index is 0.667. The van der Waals surface area contributed by atoms with Crippen molar-refractivity contribution in [2.75, 3.05) is 20.2 Å². The molecule has 0 fully saturated rings. The summed E-state index contributed by atoms with van der Waals surface area (Å²) >= 11 is 9.51. The quantitative estimate of drug-likeness (QED) is 0.807. The summed E-state index contributed by atoms with van der Waals surface area (Å²) in [7, 11) is 1.95. The zero-order valence-corrected chi connectivity index (χ0v) is 12.0. The van der Waals surface area contributed by atoms with Crippen LogP contribution in [-0.4, -0.2) is 20.2 Å². The van der Waals surface area contributed by atoms with E-state index in [1.807, 2.05) is 26.1 Å². The average Bonchev–Trinajstić information content (AvgIpc) is 2.20. The zero-order chi connectivity index (χ0) is 12.0. The standard InChI is InChI=1S/C12H17BrClNO/c1-9-7-10(13)8-11(14)12(9)16-6-4-3-5-15-2/h7-8,15H,3-6H2,1-2H3. The lowest BCUT2D eigenvalue weighted by atomic mass is 10.2. The van der Waals surface area contributed by atoms with Crippen molar-refractivity contribution in [2.24, 2.45) is 0 Å². The third-order valence-corrected chi connectivity index (χ3v) is 3.00. The molecule has 1 aromatic rings. The van der Waals surface area contributed by atoms with Crippen LogP contribution in [0.15, 0.2) is 16.6 Å². The van der Waals surface area contributed by atoms with E-state index in [0.717, 1.165) is 35.2 Å². The molecule has 4 heteroatoms. The Balaban J connectivity index is 2.47. The van der Waals surface area contributed by atoms with Crippen molar-refractivity contribution in [1.82, 2.24) is 5.32 Å². The van der Waals surface area contributed by atoms with Crippen molar-refractivity contribution in [2.45, 2.75) is 19.8 Å². The SMILES string of the molecule is CNCCCCOc1c(C)cc(Br)cc1Cl. The lowest BCUT2D eigenvalue weighted by molar-refractivity contribution is 0.304. The fraction of sp³-hybridized carbons (Fsp3) is 0.500. The summed E-state index contributed by atoms with van der Waals surface area (Å²) in [5, 5.41) is 3.78. The van der Waals surface area contributed by atoms with Gasteiger partial charge in [-0.3, -0.25) is 0 Å². The van der Waals surface area contributed by atoms with Gasteiger partial charge in [-0.05, 0) is 51.1 Å². The summed E-state index contributed by atoms with van der Waals surface area (Å²) in [6.07, 6.45) is 2.15. The molecule has 1 aromatic carbocycles. The predicted molar refractivity (Wildman–Crippen MR) is 72.5 cm³/mol. The molecule has 16 heavy (non-hydrogen) atoms. The van der Waals surface area contributed by atoms with Crippen LogP contribution < -0.4 is 10.1 Å². The van der Waals surface area contributed by atoms with Crippen LogP contribution in [0.4, 0.5) is 0 Å². The number of aryl methyl sites for hydroxylation is 1. The second-order valence-electron chi connectivity index (χ2n) is 3.69. The third-order valence-electron chi connectivity index (χ3n) is 2.26. The highest BCUT2D eigenvalue weighted by Crippen LogP contribution is 2.31. The topological polar surface area (TPSA) is 21.3 Å². The molecular formula is C12H17BrClNO. The van der Waals surface area contributed by atoms with Gasteiger partial charge in [0.2, 0.25) is 0 Å². The van der Waals surface area contributed by atoms with E-state index in [4.69, 9.17) is 16.3 Å². The fourth-order valence-corrected chi connectivity index (χ4v) is 2.48. The van der Waals surface area contributed by atoms with Crippen LogP contribution >= 0.6 is 27.5 Å². The van der Waals surface area contributed by atoms with Gasteiger partial charge in [0.05, 0.1) is 11.6 Å². The minimum absolute atomic E-state index is 0.667. The Kier molecular flexibility index (Phi) is 6.17. The molecule has 0 bridgehead atoms. The molecular weight excluding hydrogens is 289 g/mol. The van der Waals surface area contributed by atoms with Crippen LogP contribution in [0.25, 0.3) is 0 Å². The van der Waals surface area contributed by atoms with E-state index in [1.165, 1.54) is 0 Å². The van der Waals surface area contributed by atoms with Gasteiger partial charge in [-0.2, -0.15) is 0 Å². The van der Waals surface area contributed by atoms with Crippen LogP contribution in [0.2, 0.25) is 5.02 Å². The zero-order valence-electron chi connectivity index (χ0n) is 9.65. The summed E-state index contributed by atoms with van der Waals surface area (Å²) in [5.41, 5.74) is 1.06. The van der Waals surface area contributed by atoms with Gasteiger partial charge >= 0.3 is 0 Å². The first-order valence-corrected chi connectivity index (χ1v) is 6.55. The molecule has 0 aliphatic carbocycles. The fourth-order valence-electron chi connectivity index (χ4n) is 1.45. The second kappa shape index (κ2) is 7.15. The smallest absolute Gasteiger partial charge is 0.140 e. The number of unbranched alkanes of at least 4 members (excludes halogenated alkanes) is 1. The number of hydrogen-bond acceptors (Lipinski definition) is 2. The van der Waals surface area contributed by atoms with E-state index in [-0.39, 0.29) is 0 Å². The molecule has 0 aliphatic heterocycles. The van der Waals surface area contributed by atoms with Crippen molar-refractivity contribution in [3.63, 3.8) is 0 Å². The van der Waals surface area contributed by atoms with Gasteiger partial charge in [0.15, 0.2) is 0 Å². The Bertz CT molecular complexity index is 321. The van der Waals surface area contributed by atoms with Gasteiger partial charge in [0, 0.05) is 4.47 Å². The first-order valence-electron chi connectivity index (χ1n) is 5.38. The molecule has 2 nitrogen and oxygen atoms in total. The largest absolute Gasteiger partial charge is 0.492 e. The molecule has 0 saturated heterocycles. The van der Waals surface area contributed by atoms with E-state index in [1.54, 1.807) is 0 Å². The van der Waals surface area contributed by atoms with Gasteiger partial charge in [-0.1, -0.05) is 27.5 Å². The molecule has 0 amide bonds. The Morgan fingerprint density at radius 1 is 1.38 bits per heavy atom. The third kappa shape index (κ3) is 4.32. The van der Waals surface area contributed by atoms with Crippen molar-refractivity contribution < 1.29 is 4.74 Å². The van der Waals surface area contributed by atoms with Crippen molar-refractivity contribution >= 4 is 27.5 Å². The van der Waals surface area contributed by atoms with Crippen LogP contribution in [0.3, 0.4) is 0 Å². The second-order valence-corrected chi connectivity index (χ2v) is 5.02. The van der Waals surface area contributed by atoms with Gasteiger partial charge in [-0.25, -0.2) is 0 Å². The van der Waals surface area contributed by atoms with Gasteiger partial charge in [-0.15, -0.1) is 0 Å². The van der Waals surface area contributed by atoms with Crippen LogP contribution in [-0.2, 0) is 0 Å². The summed E-state index contributed by atoms with van der Waals surface area (Å²) in [6, 6.07) is 3.87. The maximum absolute atomic E-state index is 6.11. The van der Waals surface area contributed by atoms with E-state index in [2.05, 4.69) is 21.2 Å². The highest BCUT2D eigenvalue weighted by Gasteiger charge is 2.06. The van der Waals surface area contributed by atoms with E-state index >= 15 is 0 Å². The van der Waals surface area contributed by atoms with Crippen LogP contribution in [0.5, 0.6) is 5.75 Å². The molecule has 0 spiro atoms. The van der Waals surface area contributed by atoms with Crippen molar-refractivity contribution in [1.29, 1.82) is 0 Å². The van der Waals surface area contributed by atoms with E-state index < -0.39 is 0 Å². The maximum atomic E-state index is 6.11.